The van der Waals surface area contributed by atoms with Crippen LogP contribution in [-0.4, -0.2) is 12.5 Å². The van der Waals surface area contributed by atoms with Gasteiger partial charge in [-0.1, -0.05) is 48.5 Å². The molecule has 0 spiro atoms. The summed E-state index contributed by atoms with van der Waals surface area (Å²) in [6.45, 7) is 0.298. The third-order valence-corrected chi connectivity index (χ3v) is 3.91. The van der Waals surface area contributed by atoms with Crippen LogP contribution in [0, 0.1) is 11.3 Å². The zero-order chi connectivity index (χ0) is 18.2. The first-order chi connectivity index (χ1) is 12.8. The number of rotatable bonds is 6. The monoisotopic (exact) mass is 342 g/mol. The number of carbonyl (C=O) groups is 1. The van der Waals surface area contributed by atoms with Crippen molar-refractivity contribution >= 4 is 17.3 Å². The molecule has 3 aromatic rings. The molecule has 0 saturated heterocycles. The highest BCUT2D eigenvalue weighted by atomic mass is 16.5. The molecule has 0 fully saturated rings. The van der Waals surface area contributed by atoms with Crippen molar-refractivity contribution in [2.75, 3.05) is 11.4 Å². The molecule has 128 valence electrons. The molecule has 0 aliphatic carbocycles. The first kappa shape index (κ1) is 17.2. The van der Waals surface area contributed by atoms with Gasteiger partial charge in [0.2, 0.25) is 0 Å². The molecule has 3 aromatic carbocycles. The smallest absolute Gasteiger partial charge is 0.326 e. The van der Waals surface area contributed by atoms with Crippen molar-refractivity contribution in [1.82, 2.24) is 0 Å². The van der Waals surface area contributed by atoms with E-state index in [0.717, 1.165) is 16.9 Å². The number of anilines is 2. The molecule has 4 heteroatoms. The van der Waals surface area contributed by atoms with E-state index in [1.54, 1.807) is 24.3 Å². The van der Waals surface area contributed by atoms with Crippen molar-refractivity contribution in [3.63, 3.8) is 0 Å². The molecule has 0 amide bonds. The van der Waals surface area contributed by atoms with Gasteiger partial charge in [-0.3, -0.25) is 4.79 Å². The largest absolute Gasteiger partial charge is 0.459 e. The normalized spacial score (nSPS) is 9.96. The lowest BCUT2D eigenvalue weighted by atomic mass is 10.2. The van der Waals surface area contributed by atoms with Crippen LogP contribution in [0.15, 0.2) is 84.9 Å². The minimum absolute atomic E-state index is 0.115. The third kappa shape index (κ3) is 4.49. The van der Waals surface area contributed by atoms with Crippen LogP contribution in [-0.2, 0) is 16.1 Å². The number of nitriles is 1. The summed E-state index contributed by atoms with van der Waals surface area (Å²) < 4.78 is 5.41. The zero-order valence-electron chi connectivity index (χ0n) is 14.2. The van der Waals surface area contributed by atoms with Crippen LogP contribution in [0.25, 0.3) is 0 Å². The van der Waals surface area contributed by atoms with Gasteiger partial charge in [-0.05, 0) is 42.0 Å². The maximum absolute atomic E-state index is 12.4. The van der Waals surface area contributed by atoms with Gasteiger partial charge in [0.1, 0.15) is 13.2 Å². The highest BCUT2D eigenvalue weighted by Gasteiger charge is 2.14. The van der Waals surface area contributed by atoms with E-state index in [2.05, 4.69) is 6.07 Å². The Hall–Kier alpha value is -3.58. The van der Waals surface area contributed by atoms with Crippen LogP contribution in [0.4, 0.5) is 11.4 Å². The SMILES string of the molecule is N#Cc1ccc(COC(=O)CN(c2ccccc2)c2ccccc2)cc1. The van der Waals surface area contributed by atoms with Gasteiger partial charge in [0.25, 0.3) is 0 Å². The standard InChI is InChI=1S/C22H18N2O2/c23-15-18-11-13-19(14-12-18)17-26-22(25)16-24(20-7-3-1-4-8-20)21-9-5-2-6-10-21/h1-14H,16-17H2. The number of benzene rings is 3. The number of nitrogens with zero attached hydrogens (tertiary/aromatic N) is 2. The fourth-order valence-electron chi connectivity index (χ4n) is 2.56. The second-order valence-electron chi connectivity index (χ2n) is 5.73. The van der Waals surface area contributed by atoms with Crippen molar-refractivity contribution in [3.8, 4) is 6.07 Å². The second-order valence-corrected chi connectivity index (χ2v) is 5.73. The molecule has 4 nitrogen and oxygen atoms in total. The molecule has 0 bridgehead atoms. The average molecular weight is 342 g/mol. The lowest BCUT2D eigenvalue weighted by molar-refractivity contribution is -0.143. The third-order valence-electron chi connectivity index (χ3n) is 3.91. The number of hydrogen-bond donors (Lipinski definition) is 0. The Morgan fingerprint density at radius 1 is 0.846 bits per heavy atom. The summed E-state index contributed by atoms with van der Waals surface area (Å²) in [5, 5.41) is 8.82. The Morgan fingerprint density at radius 3 is 1.88 bits per heavy atom. The highest BCUT2D eigenvalue weighted by molar-refractivity contribution is 5.80. The maximum Gasteiger partial charge on any atom is 0.326 e. The van der Waals surface area contributed by atoms with Crippen molar-refractivity contribution in [2.24, 2.45) is 0 Å². The summed E-state index contributed by atoms with van der Waals surface area (Å²) in [6, 6.07) is 28.5. The second kappa shape index (κ2) is 8.50. The minimum Gasteiger partial charge on any atom is -0.459 e. The average Bonchev–Trinajstić information content (AvgIpc) is 2.72. The van der Waals surface area contributed by atoms with E-state index >= 15 is 0 Å². The maximum atomic E-state index is 12.4. The molecule has 0 heterocycles. The number of ether oxygens (including phenoxy) is 1. The fourth-order valence-corrected chi connectivity index (χ4v) is 2.56. The fraction of sp³-hybridized carbons (Fsp3) is 0.0909. The molecule has 0 saturated carbocycles. The molecule has 26 heavy (non-hydrogen) atoms. The van der Waals surface area contributed by atoms with Gasteiger partial charge in [-0.15, -0.1) is 0 Å². The first-order valence-corrected chi connectivity index (χ1v) is 8.28. The zero-order valence-corrected chi connectivity index (χ0v) is 14.2. The number of para-hydroxylation sites is 2. The topological polar surface area (TPSA) is 53.3 Å². The lowest BCUT2D eigenvalue weighted by Crippen LogP contribution is -2.26. The number of hydrogen-bond acceptors (Lipinski definition) is 4. The van der Waals surface area contributed by atoms with Crippen molar-refractivity contribution in [2.45, 2.75) is 6.61 Å². The van der Waals surface area contributed by atoms with E-state index in [1.165, 1.54) is 0 Å². The Balaban J connectivity index is 1.68. The predicted molar refractivity (Wildman–Crippen MR) is 101 cm³/mol. The van der Waals surface area contributed by atoms with Crippen molar-refractivity contribution in [1.29, 1.82) is 5.26 Å². The molecule has 0 aromatic heterocycles. The highest BCUT2D eigenvalue weighted by Crippen LogP contribution is 2.24. The summed E-state index contributed by atoms with van der Waals surface area (Å²) in [4.78, 5) is 14.3. The van der Waals surface area contributed by atoms with Gasteiger partial charge in [0.15, 0.2) is 0 Å². The van der Waals surface area contributed by atoms with Crippen LogP contribution < -0.4 is 4.90 Å². The van der Waals surface area contributed by atoms with E-state index in [-0.39, 0.29) is 19.1 Å². The van der Waals surface area contributed by atoms with E-state index in [1.807, 2.05) is 65.6 Å². The van der Waals surface area contributed by atoms with Gasteiger partial charge < -0.3 is 9.64 Å². The molecule has 3 rings (SSSR count). The molecule has 0 unspecified atom stereocenters. The van der Waals surface area contributed by atoms with Gasteiger partial charge in [0, 0.05) is 11.4 Å². The van der Waals surface area contributed by atoms with Crippen molar-refractivity contribution in [3.05, 3.63) is 96.1 Å². The minimum atomic E-state index is -0.318. The Morgan fingerprint density at radius 2 is 1.38 bits per heavy atom. The van der Waals surface area contributed by atoms with Crippen LogP contribution in [0.5, 0.6) is 0 Å². The van der Waals surface area contributed by atoms with Gasteiger partial charge in [-0.2, -0.15) is 5.26 Å². The Kier molecular flexibility index (Phi) is 5.64. The molecular weight excluding hydrogens is 324 g/mol. The Labute approximate surface area is 152 Å². The number of esters is 1. The van der Waals surface area contributed by atoms with E-state index < -0.39 is 0 Å². The van der Waals surface area contributed by atoms with Crippen LogP contribution >= 0.6 is 0 Å². The van der Waals surface area contributed by atoms with Gasteiger partial charge >= 0.3 is 5.97 Å². The number of carbonyl (C=O) groups excluding carboxylic acids is 1. The quantitative estimate of drug-likeness (QED) is 0.622. The van der Waals surface area contributed by atoms with Crippen LogP contribution in [0.3, 0.4) is 0 Å². The lowest BCUT2D eigenvalue weighted by Gasteiger charge is -2.24. The van der Waals surface area contributed by atoms with Crippen LogP contribution in [0.2, 0.25) is 0 Å². The summed E-state index contributed by atoms with van der Waals surface area (Å²) in [6.07, 6.45) is 0. The van der Waals surface area contributed by atoms with Gasteiger partial charge in [-0.25, -0.2) is 0 Å². The molecule has 0 radical (unpaired) electrons. The molecule has 0 N–H and O–H groups in total. The molecule has 0 aliphatic heterocycles. The summed E-state index contributed by atoms with van der Waals surface area (Å²) in [5.41, 5.74) is 3.28. The summed E-state index contributed by atoms with van der Waals surface area (Å²) in [7, 11) is 0. The summed E-state index contributed by atoms with van der Waals surface area (Å²) >= 11 is 0. The predicted octanol–water partition coefficient (Wildman–Crippen LogP) is 4.44. The van der Waals surface area contributed by atoms with Gasteiger partial charge in [0.05, 0.1) is 11.6 Å². The van der Waals surface area contributed by atoms with E-state index in [9.17, 15) is 4.79 Å². The van der Waals surface area contributed by atoms with E-state index in [0.29, 0.717) is 5.56 Å². The van der Waals surface area contributed by atoms with E-state index in [4.69, 9.17) is 10.00 Å². The van der Waals surface area contributed by atoms with Crippen molar-refractivity contribution < 1.29 is 9.53 Å². The molecular formula is C22H18N2O2. The summed E-state index contributed by atoms with van der Waals surface area (Å²) in [5.74, 6) is -0.318. The first-order valence-electron chi connectivity index (χ1n) is 8.28. The molecule has 0 atom stereocenters. The van der Waals surface area contributed by atoms with Crippen LogP contribution in [0.1, 0.15) is 11.1 Å². The Bertz CT molecular complexity index is 845. The molecule has 0 aliphatic rings.